The number of hydrogen-bond donors (Lipinski definition) is 1. The van der Waals surface area contributed by atoms with Crippen LogP contribution in [0.25, 0.3) is 0 Å². The maximum absolute atomic E-state index is 12.4. The zero-order valence-corrected chi connectivity index (χ0v) is 13.0. The van der Waals surface area contributed by atoms with Crippen molar-refractivity contribution < 1.29 is 19.0 Å². The molecule has 1 unspecified atom stereocenters. The molecule has 23 heavy (non-hydrogen) atoms. The van der Waals surface area contributed by atoms with Gasteiger partial charge >= 0.3 is 5.97 Å². The molecule has 2 N–H and O–H groups in total. The van der Waals surface area contributed by atoms with Gasteiger partial charge in [-0.25, -0.2) is 4.79 Å². The predicted octanol–water partition coefficient (Wildman–Crippen LogP) is 2.31. The molecule has 120 valence electrons. The number of ether oxygens (including phenoxy) is 3. The summed E-state index contributed by atoms with van der Waals surface area (Å²) in [6.07, 6.45) is 0. The van der Waals surface area contributed by atoms with Crippen molar-refractivity contribution >= 4 is 5.97 Å². The third-order valence-electron chi connectivity index (χ3n) is 3.29. The molecule has 1 heterocycles. The monoisotopic (exact) mass is 314 g/mol. The fourth-order valence-corrected chi connectivity index (χ4v) is 2.36. The van der Waals surface area contributed by atoms with Crippen LogP contribution in [0.3, 0.4) is 0 Å². The normalized spacial score (nSPS) is 17.3. The van der Waals surface area contributed by atoms with E-state index < -0.39 is 11.9 Å². The fraction of sp³-hybridized carbons (Fsp3) is 0.294. The SMILES string of the molecule is CCOC(=O)C1=C(OCC)OC(N)=C(C#N)C1c1ccccc1. The number of carbonyl (C=O) groups is 1. The molecule has 0 aliphatic carbocycles. The number of hydrogen-bond acceptors (Lipinski definition) is 6. The number of nitrogens with two attached hydrogens (primary N) is 1. The molecular weight excluding hydrogens is 296 g/mol. The molecule has 1 aromatic carbocycles. The number of esters is 1. The first-order valence-corrected chi connectivity index (χ1v) is 7.30. The van der Waals surface area contributed by atoms with Crippen molar-refractivity contribution in [2.24, 2.45) is 5.73 Å². The summed E-state index contributed by atoms with van der Waals surface area (Å²) in [5, 5.41) is 9.46. The minimum atomic E-state index is -0.685. The summed E-state index contributed by atoms with van der Waals surface area (Å²) in [7, 11) is 0. The smallest absolute Gasteiger partial charge is 0.342 e. The quantitative estimate of drug-likeness (QED) is 0.838. The number of rotatable bonds is 5. The molecule has 0 saturated carbocycles. The van der Waals surface area contributed by atoms with Crippen molar-refractivity contribution in [2.45, 2.75) is 19.8 Å². The van der Waals surface area contributed by atoms with Crippen LogP contribution in [0.4, 0.5) is 0 Å². The standard InChI is InChI=1S/C17H18N2O4/c1-3-21-16(20)14-13(11-8-6-5-7-9-11)12(10-18)15(19)23-17(14)22-4-2/h5-9,13H,3-4,19H2,1-2H3. The summed E-state index contributed by atoms with van der Waals surface area (Å²) >= 11 is 0. The minimum Gasteiger partial charge on any atom is -0.465 e. The van der Waals surface area contributed by atoms with Crippen LogP contribution in [0.1, 0.15) is 25.3 Å². The van der Waals surface area contributed by atoms with E-state index in [2.05, 4.69) is 0 Å². The molecule has 1 aliphatic heterocycles. The zero-order chi connectivity index (χ0) is 16.8. The molecule has 0 aromatic heterocycles. The highest BCUT2D eigenvalue weighted by molar-refractivity contribution is 5.92. The largest absolute Gasteiger partial charge is 0.465 e. The predicted molar refractivity (Wildman–Crippen MR) is 82.4 cm³/mol. The van der Waals surface area contributed by atoms with Crippen molar-refractivity contribution in [1.29, 1.82) is 5.26 Å². The van der Waals surface area contributed by atoms with Crippen molar-refractivity contribution in [3.63, 3.8) is 0 Å². The Morgan fingerprint density at radius 2 is 2.00 bits per heavy atom. The van der Waals surface area contributed by atoms with Crippen LogP contribution in [-0.4, -0.2) is 19.2 Å². The van der Waals surface area contributed by atoms with E-state index >= 15 is 0 Å². The molecule has 2 rings (SSSR count). The van der Waals surface area contributed by atoms with E-state index in [1.54, 1.807) is 13.8 Å². The Hall–Kier alpha value is -2.94. The first-order chi connectivity index (χ1) is 11.1. The molecule has 0 saturated heterocycles. The number of nitriles is 1. The third kappa shape index (κ3) is 3.29. The van der Waals surface area contributed by atoms with Gasteiger partial charge in [0.05, 0.1) is 19.1 Å². The van der Waals surface area contributed by atoms with Gasteiger partial charge in [-0.05, 0) is 19.4 Å². The van der Waals surface area contributed by atoms with E-state index in [9.17, 15) is 10.1 Å². The topological polar surface area (TPSA) is 94.6 Å². The Bertz CT molecular complexity index is 686. The Labute approximate surface area is 134 Å². The summed E-state index contributed by atoms with van der Waals surface area (Å²) in [6, 6.07) is 11.1. The molecule has 1 aliphatic rings. The molecule has 0 spiro atoms. The number of benzene rings is 1. The van der Waals surface area contributed by atoms with Gasteiger partial charge in [0.15, 0.2) is 0 Å². The van der Waals surface area contributed by atoms with Crippen LogP contribution in [0, 0.1) is 11.3 Å². The summed E-state index contributed by atoms with van der Waals surface area (Å²) in [4.78, 5) is 12.4. The van der Waals surface area contributed by atoms with Gasteiger partial charge < -0.3 is 19.9 Å². The maximum Gasteiger partial charge on any atom is 0.342 e. The lowest BCUT2D eigenvalue weighted by molar-refractivity contribution is -0.139. The highest BCUT2D eigenvalue weighted by atomic mass is 16.7. The van der Waals surface area contributed by atoms with E-state index in [1.165, 1.54) is 0 Å². The van der Waals surface area contributed by atoms with Crippen LogP contribution in [0.5, 0.6) is 0 Å². The van der Waals surface area contributed by atoms with Gasteiger partial charge in [-0.3, -0.25) is 0 Å². The molecule has 6 nitrogen and oxygen atoms in total. The van der Waals surface area contributed by atoms with Crippen LogP contribution >= 0.6 is 0 Å². The van der Waals surface area contributed by atoms with E-state index in [1.807, 2.05) is 36.4 Å². The summed E-state index contributed by atoms with van der Waals surface area (Å²) < 4.78 is 15.9. The van der Waals surface area contributed by atoms with Gasteiger partial charge in [-0.15, -0.1) is 0 Å². The van der Waals surface area contributed by atoms with Crippen molar-refractivity contribution in [2.75, 3.05) is 13.2 Å². The van der Waals surface area contributed by atoms with Gasteiger partial charge in [0.2, 0.25) is 5.88 Å². The van der Waals surface area contributed by atoms with Crippen molar-refractivity contribution in [1.82, 2.24) is 0 Å². The molecule has 0 bridgehead atoms. The van der Waals surface area contributed by atoms with Gasteiger partial charge in [-0.2, -0.15) is 5.26 Å². The lowest BCUT2D eigenvalue weighted by atomic mass is 9.84. The number of carbonyl (C=O) groups excluding carboxylic acids is 1. The fourth-order valence-electron chi connectivity index (χ4n) is 2.36. The van der Waals surface area contributed by atoms with Gasteiger partial charge in [0, 0.05) is 0 Å². The number of allylic oxidation sites excluding steroid dienone is 1. The molecule has 1 atom stereocenters. The van der Waals surface area contributed by atoms with Crippen LogP contribution in [-0.2, 0) is 19.0 Å². The van der Waals surface area contributed by atoms with Gasteiger partial charge in [0.1, 0.15) is 17.2 Å². The number of nitrogens with zero attached hydrogens (tertiary/aromatic N) is 1. The average Bonchev–Trinajstić information content (AvgIpc) is 2.55. The van der Waals surface area contributed by atoms with Crippen LogP contribution in [0.2, 0.25) is 0 Å². The highest BCUT2D eigenvalue weighted by Gasteiger charge is 2.38. The first-order valence-electron chi connectivity index (χ1n) is 7.30. The van der Waals surface area contributed by atoms with Crippen LogP contribution < -0.4 is 5.73 Å². The second-order valence-corrected chi connectivity index (χ2v) is 4.69. The lowest BCUT2D eigenvalue weighted by Gasteiger charge is -2.27. The van der Waals surface area contributed by atoms with E-state index in [-0.39, 0.29) is 36.2 Å². The Balaban J connectivity index is 2.62. The molecule has 0 fully saturated rings. The van der Waals surface area contributed by atoms with Crippen LogP contribution in [0.15, 0.2) is 53.3 Å². The third-order valence-corrected chi connectivity index (χ3v) is 3.29. The molecule has 0 radical (unpaired) electrons. The average molecular weight is 314 g/mol. The summed E-state index contributed by atoms with van der Waals surface area (Å²) in [5.41, 5.74) is 6.87. The molecule has 6 heteroatoms. The Kier molecular flexibility index (Phi) is 5.26. The lowest BCUT2D eigenvalue weighted by Crippen LogP contribution is -2.27. The van der Waals surface area contributed by atoms with E-state index in [4.69, 9.17) is 19.9 Å². The molecular formula is C17H18N2O4. The Morgan fingerprint density at radius 3 is 2.57 bits per heavy atom. The Morgan fingerprint density at radius 1 is 1.30 bits per heavy atom. The van der Waals surface area contributed by atoms with Crippen molar-refractivity contribution in [3.05, 3.63) is 58.9 Å². The zero-order valence-electron chi connectivity index (χ0n) is 13.0. The summed E-state index contributed by atoms with van der Waals surface area (Å²) in [6.45, 7) is 3.95. The first kappa shape index (κ1) is 16.4. The van der Waals surface area contributed by atoms with Gasteiger partial charge in [-0.1, -0.05) is 30.3 Å². The van der Waals surface area contributed by atoms with Gasteiger partial charge in [0.25, 0.3) is 5.95 Å². The summed E-state index contributed by atoms with van der Waals surface area (Å²) in [5.74, 6) is -1.37. The van der Waals surface area contributed by atoms with Crippen molar-refractivity contribution in [3.8, 4) is 6.07 Å². The molecule has 1 aromatic rings. The minimum absolute atomic E-state index is 0.0173. The second kappa shape index (κ2) is 7.36. The van der Waals surface area contributed by atoms with E-state index in [0.29, 0.717) is 0 Å². The molecule has 0 amide bonds. The maximum atomic E-state index is 12.4. The second-order valence-electron chi connectivity index (χ2n) is 4.69. The van der Waals surface area contributed by atoms with E-state index in [0.717, 1.165) is 5.56 Å². The highest BCUT2D eigenvalue weighted by Crippen LogP contribution is 2.39.